The second-order valence-electron chi connectivity index (χ2n) is 5.60. The molecule has 1 aromatic carbocycles. The van der Waals surface area contributed by atoms with Gasteiger partial charge in [0.15, 0.2) is 0 Å². The summed E-state index contributed by atoms with van der Waals surface area (Å²) in [6.07, 6.45) is 6.47. The van der Waals surface area contributed by atoms with E-state index in [4.69, 9.17) is 0 Å². The summed E-state index contributed by atoms with van der Waals surface area (Å²) in [6.45, 7) is -0.237. The number of sulfonamides is 1. The van der Waals surface area contributed by atoms with Crippen molar-refractivity contribution in [3.8, 4) is 11.3 Å². The minimum Gasteiger partial charge on any atom is -0.325 e. The molecule has 1 N–H and O–H groups in total. The number of nitrogens with one attached hydrogen (secondary N) is 1. The number of nitrogens with zero attached hydrogens (tertiary/aromatic N) is 4. The number of amides is 1. The third-order valence-electron chi connectivity index (χ3n) is 3.63. The quantitative estimate of drug-likeness (QED) is 0.739. The van der Waals surface area contributed by atoms with Crippen LogP contribution in [0.2, 0.25) is 0 Å². The van der Waals surface area contributed by atoms with Gasteiger partial charge in [-0.25, -0.2) is 18.4 Å². The van der Waals surface area contributed by atoms with Crippen LogP contribution >= 0.6 is 0 Å². The van der Waals surface area contributed by atoms with E-state index in [2.05, 4.69) is 15.3 Å². The molecule has 25 heavy (non-hydrogen) atoms. The molecule has 0 unspecified atom stereocenters. The number of hydrogen-bond acceptors (Lipinski definition) is 5. The van der Waals surface area contributed by atoms with Crippen LogP contribution < -0.4 is 5.32 Å². The summed E-state index contributed by atoms with van der Waals surface area (Å²) < 4.78 is 25.5. The van der Waals surface area contributed by atoms with E-state index in [0.717, 1.165) is 21.8 Å². The lowest BCUT2D eigenvalue weighted by Gasteiger charge is -2.13. The Labute approximate surface area is 145 Å². The number of rotatable bonds is 5. The van der Waals surface area contributed by atoms with Crippen molar-refractivity contribution in [2.24, 2.45) is 0 Å². The van der Waals surface area contributed by atoms with Gasteiger partial charge >= 0.3 is 0 Å². The highest BCUT2D eigenvalue weighted by Gasteiger charge is 2.15. The fourth-order valence-electron chi connectivity index (χ4n) is 2.21. The Morgan fingerprint density at radius 3 is 2.64 bits per heavy atom. The minimum absolute atomic E-state index is 0.237. The molecule has 2 heterocycles. The summed E-state index contributed by atoms with van der Waals surface area (Å²) in [6, 6.07) is 8.97. The molecule has 0 fully saturated rings. The van der Waals surface area contributed by atoms with Crippen molar-refractivity contribution >= 4 is 27.4 Å². The first kappa shape index (κ1) is 17.1. The van der Waals surface area contributed by atoms with E-state index in [0.29, 0.717) is 11.5 Å². The number of likely N-dealkylation sites (N-methyl/N-ethyl adjacent to an activating group) is 1. The summed E-state index contributed by atoms with van der Waals surface area (Å²) in [5.41, 5.74) is 2.24. The molecule has 9 heteroatoms. The van der Waals surface area contributed by atoms with Crippen LogP contribution in [-0.2, 0) is 14.8 Å². The third kappa shape index (κ3) is 4.01. The molecule has 0 atom stereocenters. The fraction of sp³-hybridized carbons (Fsp3) is 0.188. The highest BCUT2D eigenvalue weighted by molar-refractivity contribution is 7.88. The van der Waals surface area contributed by atoms with Crippen molar-refractivity contribution in [2.45, 2.75) is 0 Å². The van der Waals surface area contributed by atoms with Crippen molar-refractivity contribution in [3.05, 3.63) is 48.9 Å². The maximum absolute atomic E-state index is 11.9. The van der Waals surface area contributed by atoms with Gasteiger partial charge < -0.3 is 5.32 Å². The van der Waals surface area contributed by atoms with Crippen molar-refractivity contribution in [2.75, 3.05) is 25.2 Å². The zero-order valence-electron chi connectivity index (χ0n) is 13.7. The first-order chi connectivity index (χ1) is 11.8. The standard InChI is InChI=1S/C16H17N5O3S/c1-20(25(2,23)24)11-15(22)18-13-6-4-12(5-7-13)14-10-21-9-3-8-17-16(21)19-14/h3-10H,11H2,1-2H3,(H,18,22). The third-order valence-corrected chi connectivity index (χ3v) is 4.89. The van der Waals surface area contributed by atoms with Crippen LogP contribution in [0.25, 0.3) is 17.0 Å². The van der Waals surface area contributed by atoms with Gasteiger partial charge in [0.1, 0.15) is 0 Å². The van der Waals surface area contributed by atoms with Gasteiger partial charge in [-0.1, -0.05) is 12.1 Å². The van der Waals surface area contributed by atoms with E-state index in [1.807, 2.05) is 35.0 Å². The number of anilines is 1. The number of aromatic nitrogens is 3. The van der Waals surface area contributed by atoms with E-state index in [1.54, 1.807) is 18.3 Å². The van der Waals surface area contributed by atoms with Crippen LogP contribution in [-0.4, -0.2) is 52.8 Å². The molecule has 130 valence electrons. The molecule has 0 aliphatic heterocycles. The highest BCUT2D eigenvalue weighted by Crippen LogP contribution is 2.20. The Morgan fingerprint density at radius 1 is 1.28 bits per heavy atom. The van der Waals surface area contributed by atoms with Crippen LogP contribution in [0.4, 0.5) is 5.69 Å². The predicted molar refractivity (Wildman–Crippen MR) is 94.5 cm³/mol. The SMILES string of the molecule is CN(CC(=O)Nc1ccc(-c2cn3cccnc3n2)cc1)S(C)(=O)=O. The van der Waals surface area contributed by atoms with E-state index in [-0.39, 0.29) is 6.54 Å². The Balaban J connectivity index is 1.71. The highest BCUT2D eigenvalue weighted by atomic mass is 32.2. The zero-order valence-corrected chi connectivity index (χ0v) is 14.6. The largest absolute Gasteiger partial charge is 0.325 e. The molecule has 0 spiro atoms. The van der Waals surface area contributed by atoms with Crippen LogP contribution in [0.5, 0.6) is 0 Å². The average Bonchev–Trinajstić information content (AvgIpc) is 2.98. The van der Waals surface area contributed by atoms with Crippen LogP contribution in [0.3, 0.4) is 0 Å². The molecule has 2 aromatic heterocycles. The molecule has 0 aliphatic rings. The monoisotopic (exact) mass is 359 g/mol. The van der Waals surface area contributed by atoms with Crippen molar-refractivity contribution < 1.29 is 13.2 Å². The van der Waals surface area contributed by atoms with E-state index in [1.165, 1.54) is 7.05 Å². The number of carbonyl (C=O) groups is 1. The van der Waals surface area contributed by atoms with Crippen LogP contribution in [0.1, 0.15) is 0 Å². The van der Waals surface area contributed by atoms with Gasteiger partial charge in [0.05, 0.1) is 18.5 Å². The topological polar surface area (TPSA) is 96.7 Å². The second kappa shape index (κ2) is 6.61. The maximum atomic E-state index is 11.9. The van der Waals surface area contributed by atoms with Crippen molar-refractivity contribution in [1.82, 2.24) is 18.7 Å². The molecule has 0 saturated heterocycles. The van der Waals surface area contributed by atoms with E-state index >= 15 is 0 Å². The first-order valence-electron chi connectivity index (χ1n) is 7.44. The van der Waals surface area contributed by atoms with E-state index in [9.17, 15) is 13.2 Å². The van der Waals surface area contributed by atoms with Crippen molar-refractivity contribution in [3.63, 3.8) is 0 Å². The van der Waals surface area contributed by atoms with Gasteiger partial charge in [-0.3, -0.25) is 9.20 Å². The lowest BCUT2D eigenvalue weighted by molar-refractivity contribution is -0.116. The Kier molecular flexibility index (Phi) is 4.51. The summed E-state index contributed by atoms with van der Waals surface area (Å²) in [5, 5.41) is 2.67. The first-order valence-corrected chi connectivity index (χ1v) is 9.29. The molecule has 0 saturated carbocycles. The fourth-order valence-corrected chi connectivity index (χ4v) is 2.57. The number of benzene rings is 1. The molecule has 3 aromatic rings. The van der Waals surface area contributed by atoms with Gasteiger partial charge in [0.25, 0.3) is 0 Å². The molecule has 0 bridgehead atoms. The Bertz CT molecular complexity index is 979. The Morgan fingerprint density at radius 2 is 2.00 bits per heavy atom. The maximum Gasteiger partial charge on any atom is 0.239 e. The minimum atomic E-state index is -3.39. The van der Waals surface area contributed by atoms with Gasteiger partial charge in [-0.05, 0) is 18.2 Å². The summed E-state index contributed by atoms with van der Waals surface area (Å²) >= 11 is 0. The van der Waals surface area contributed by atoms with Gasteiger partial charge in [-0.15, -0.1) is 0 Å². The number of imidazole rings is 1. The van der Waals surface area contributed by atoms with Crippen LogP contribution in [0, 0.1) is 0 Å². The number of fused-ring (bicyclic) bond motifs is 1. The smallest absolute Gasteiger partial charge is 0.239 e. The van der Waals surface area contributed by atoms with Gasteiger partial charge in [0.2, 0.25) is 21.7 Å². The summed E-state index contributed by atoms with van der Waals surface area (Å²) in [7, 11) is -2.03. The normalized spacial score (nSPS) is 11.8. The van der Waals surface area contributed by atoms with Crippen LogP contribution in [0.15, 0.2) is 48.9 Å². The molecule has 1 amide bonds. The lowest BCUT2D eigenvalue weighted by atomic mass is 10.1. The summed E-state index contributed by atoms with van der Waals surface area (Å²) in [5.74, 6) is 0.205. The molecule has 0 radical (unpaired) electrons. The second-order valence-corrected chi connectivity index (χ2v) is 7.69. The number of carbonyl (C=O) groups excluding carboxylic acids is 1. The molecule has 0 aliphatic carbocycles. The van der Waals surface area contributed by atoms with E-state index < -0.39 is 15.9 Å². The lowest BCUT2D eigenvalue weighted by Crippen LogP contribution is -2.34. The Hall–Kier alpha value is -2.78. The summed E-state index contributed by atoms with van der Waals surface area (Å²) in [4.78, 5) is 20.5. The average molecular weight is 359 g/mol. The van der Waals surface area contributed by atoms with Gasteiger partial charge in [-0.2, -0.15) is 4.31 Å². The number of hydrogen-bond donors (Lipinski definition) is 1. The molecular formula is C16H17N5O3S. The zero-order chi connectivity index (χ0) is 18.0. The predicted octanol–water partition coefficient (Wildman–Crippen LogP) is 1.23. The van der Waals surface area contributed by atoms with Crippen molar-refractivity contribution in [1.29, 1.82) is 0 Å². The molecule has 8 nitrogen and oxygen atoms in total. The van der Waals surface area contributed by atoms with Gasteiger partial charge in [0, 0.05) is 36.9 Å². The molecule has 3 rings (SSSR count). The molecular weight excluding hydrogens is 342 g/mol.